The summed E-state index contributed by atoms with van der Waals surface area (Å²) in [4.78, 5) is 22.9. The lowest BCUT2D eigenvalue weighted by Crippen LogP contribution is -2.38. The Kier molecular flexibility index (Phi) is 4.28. The van der Waals surface area contributed by atoms with Gasteiger partial charge in [0.05, 0.1) is 0 Å². The SMILES string of the molecule is Cc1cc(C(=O)N2CCC(c3cccc(O)c3)CC2)nc(C)n1. The van der Waals surface area contributed by atoms with E-state index in [2.05, 4.69) is 9.97 Å². The average molecular weight is 311 g/mol. The molecule has 2 heterocycles. The van der Waals surface area contributed by atoms with E-state index in [1.165, 1.54) is 0 Å². The van der Waals surface area contributed by atoms with Crippen LogP contribution < -0.4 is 0 Å². The quantitative estimate of drug-likeness (QED) is 0.926. The van der Waals surface area contributed by atoms with Gasteiger partial charge in [0.1, 0.15) is 17.3 Å². The van der Waals surface area contributed by atoms with Gasteiger partial charge in [-0.15, -0.1) is 0 Å². The average Bonchev–Trinajstić information content (AvgIpc) is 2.53. The Balaban J connectivity index is 1.67. The van der Waals surface area contributed by atoms with Gasteiger partial charge in [0.2, 0.25) is 0 Å². The number of benzene rings is 1. The fourth-order valence-corrected chi connectivity index (χ4v) is 3.18. The zero-order valence-electron chi connectivity index (χ0n) is 13.5. The number of nitrogens with zero attached hydrogens (tertiary/aromatic N) is 3. The maximum absolute atomic E-state index is 12.6. The van der Waals surface area contributed by atoms with E-state index in [1.54, 1.807) is 19.1 Å². The highest BCUT2D eigenvalue weighted by atomic mass is 16.3. The molecular weight excluding hydrogens is 290 g/mol. The zero-order valence-corrected chi connectivity index (χ0v) is 13.5. The molecule has 3 rings (SSSR count). The Morgan fingerprint density at radius 1 is 1.17 bits per heavy atom. The van der Waals surface area contributed by atoms with Gasteiger partial charge in [-0.1, -0.05) is 12.1 Å². The number of carbonyl (C=O) groups excluding carboxylic acids is 1. The van der Waals surface area contributed by atoms with E-state index >= 15 is 0 Å². The van der Waals surface area contributed by atoms with E-state index in [0.717, 1.165) is 24.1 Å². The fraction of sp³-hybridized carbons (Fsp3) is 0.389. The summed E-state index contributed by atoms with van der Waals surface area (Å²) in [6.07, 6.45) is 1.80. The molecule has 120 valence electrons. The molecule has 1 aromatic carbocycles. The number of phenols is 1. The number of likely N-dealkylation sites (tertiary alicyclic amines) is 1. The minimum absolute atomic E-state index is 0.0204. The Morgan fingerprint density at radius 2 is 1.91 bits per heavy atom. The maximum Gasteiger partial charge on any atom is 0.272 e. The lowest BCUT2D eigenvalue weighted by molar-refractivity contribution is 0.0706. The second-order valence-corrected chi connectivity index (χ2v) is 6.10. The number of aryl methyl sites for hydroxylation is 2. The van der Waals surface area contributed by atoms with E-state index in [0.29, 0.717) is 36.3 Å². The standard InChI is InChI=1S/C18H21N3O2/c1-12-10-17(20-13(2)19-12)18(23)21-8-6-14(7-9-21)15-4-3-5-16(22)11-15/h3-5,10-11,14,22H,6-9H2,1-2H3. The topological polar surface area (TPSA) is 66.3 Å². The van der Waals surface area contributed by atoms with E-state index in [1.807, 2.05) is 30.0 Å². The molecule has 0 aliphatic carbocycles. The molecule has 1 aromatic heterocycles. The summed E-state index contributed by atoms with van der Waals surface area (Å²) >= 11 is 0. The van der Waals surface area contributed by atoms with E-state index < -0.39 is 0 Å². The summed E-state index contributed by atoms with van der Waals surface area (Å²) in [5.74, 6) is 1.30. The largest absolute Gasteiger partial charge is 0.508 e. The number of carbonyl (C=O) groups is 1. The molecule has 0 atom stereocenters. The van der Waals surface area contributed by atoms with Crippen molar-refractivity contribution in [1.82, 2.24) is 14.9 Å². The van der Waals surface area contributed by atoms with Crippen LogP contribution >= 0.6 is 0 Å². The second-order valence-electron chi connectivity index (χ2n) is 6.10. The van der Waals surface area contributed by atoms with Gasteiger partial charge in [-0.2, -0.15) is 0 Å². The summed E-state index contributed by atoms with van der Waals surface area (Å²) in [7, 11) is 0. The third kappa shape index (κ3) is 3.50. The number of amides is 1. The summed E-state index contributed by atoms with van der Waals surface area (Å²) in [5, 5.41) is 9.61. The van der Waals surface area contributed by atoms with E-state index in [9.17, 15) is 9.90 Å². The number of aromatic hydroxyl groups is 1. The fourth-order valence-electron chi connectivity index (χ4n) is 3.18. The maximum atomic E-state index is 12.6. The van der Waals surface area contributed by atoms with E-state index in [-0.39, 0.29) is 5.91 Å². The number of hydrogen-bond acceptors (Lipinski definition) is 4. The summed E-state index contributed by atoms with van der Waals surface area (Å²) in [6, 6.07) is 9.16. The van der Waals surface area contributed by atoms with Gasteiger partial charge < -0.3 is 10.0 Å². The van der Waals surface area contributed by atoms with Crippen molar-refractivity contribution in [2.75, 3.05) is 13.1 Å². The van der Waals surface area contributed by atoms with Crippen LogP contribution in [0.15, 0.2) is 30.3 Å². The Bertz CT molecular complexity index is 702. The Morgan fingerprint density at radius 3 is 2.57 bits per heavy atom. The van der Waals surface area contributed by atoms with Crippen LogP contribution in [0.3, 0.4) is 0 Å². The van der Waals surface area contributed by atoms with Crippen LogP contribution in [0.4, 0.5) is 0 Å². The van der Waals surface area contributed by atoms with Crippen molar-refractivity contribution in [1.29, 1.82) is 0 Å². The molecule has 1 fully saturated rings. The van der Waals surface area contributed by atoms with Crippen LogP contribution in [-0.2, 0) is 0 Å². The molecule has 0 spiro atoms. The molecule has 0 unspecified atom stereocenters. The highest BCUT2D eigenvalue weighted by Gasteiger charge is 2.25. The van der Waals surface area contributed by atoms with Crippen LogP contribution in [0.2, 0.25) is 0 Å². The lowest BCUT2D eigenvalue weighted by Gasteiger charge is -2.32. The molecule has 1 saturated heterocycles. The number of hydrogen-bond donors (Lipinski definition) is 1. The van der Waals surface area contributed by atoms with Crippen LogP contribution in [0.25, 0.3) is 0 Å². The van der Waals surface area contributed by atoms with Crippen LogP contribution in [0.1, 0.15) is 46.3 Å². The molecule has 5 heteroatoms. The van der Waals surface area contributed by atoms with Crippen LogP contribution in [0, 0.1) is 13.8 Å². The van der Waals surface area contributed by atoms with Crippen LogP contribution in [0.5, 0.6) is 5.75 Å². The van der Waals surface area contributed by atoms with Gasteiger partial charge in [-0.05, 0) is 56.4 Å². The van der Waals surface area contributed by atoms with Crippen LogP contribution in [-0.4, -0.2) is 39.0 Å². The first kappa shape index (κ1) is 15.5. The number of aromatic nitrogens is 2. The summed E-state index contributed by atoms with van der Waals surface area (Å²) < 4.78 is 0. The van der Waals surface area contributed by atoms with Crippen molar-refractivity contribution in [3.63, 3.8) is 0 Å². The Hall–Kier alpha value is -2.43. The third-order valence-electron chi connectivity index (χ3n) is 4.31. The molecule has 1 aliphatic heterocycles. The summed E-state index contributed by atoms with van der Waals surface area (Å²) in [5.41, 5.74) is 2.44. The van der Waals surface area contributed by atoms with Crippen molar-refractivity contribution in [2.24, 2.45) is 0 Å². The molecule has 2 aromatic rings. The third-order valence-corrected chi connectivity index (χ3v) is 4.31. The van der Waals surface area contributed by atoms with Crippen molar-refractivity contribution in [2.45, 2.75) is 32.6 Å². The van der Waals surface area contributed by atoms with Crippen molar-refractivity contribution >= 4 is 5.91 Å². The number of piperidine rings is 1. The molecule has 0 bridgehead atoms. The van der Waals surface area contributed by atoms with Crippen molar-refractivity contribution in [3.05, 3.63) is 53.1 Å². The van der Waals surface area contributed by atoms with Crippen molar-refractivity contribution in [3.8, 4) is 5.75 Å². The normalized spacial score (nSPS) is 15.7. The van der Waals surface area contributed by atoms with Crippen molar-refractivity contribution < 1.29 is 9.90 Å². The monoisotopic (exact) mass is 311 g/mol. The van der Waals surface area contributed by atoms with Gasteiger partial charge >= 0.3 is 0 Å². The lowest BCUT2D eigenvalue weighted by atomic mass is 9.89. The number of phenolic OH excluding ortho intramolecular Hbond substituents is 1. The number of rotatable bonds is 2. The molecule has 1 amide bonds. The highest BCUT2D eigenvalue weighted by molar-refractivity contribution is 5.92. The minimum atomic E-state index is -0.0204. The smallest absolute Gasteiger partial charge is 0.272 e. The van der Waals surface area contributed by atoms with Gasteiger partial charge in [-0.3, -0.25) is 4.79 Å². The predicted molar refractivity (Wildman–Crippen MR) is 87.5 cm³/mol. The highest BCUT2D eigenvalue weighted by Crippen LogP contribution is 2.30. The zero-order chi connectivity index (χ0) is 16.4. The van der Waals surface area contributed by atoms with E-state index in [4.69, 9.17) is 0 Å². The van der Waals surface area contributed by atoms with Gasteiger partial charge in [-0.25, -0.2) is 9.97 Å². The molecule has 5 nitrogen and oxygen atoms in total. The first-order valence-electron chi connectivity index (χ1n) is 7.93. The molecule has 1 N–H and O–H groups in total. The van der Waals surface area contributed by atoms with Gasteiger partial charge in [0, 0.05) is 18.8 Å². The summed E-state index contributed by atoms with van der Waals surface area (Å²) in [6.45, 7) is 5.10. The minimum Gasteiger partial charge on any atom is -0.508 e. The molecule has 0 saturated carbocycles. The predicted octanol–water partition coefficient (Wildman–Crippen LogP) is 2.82. The van der Waals surface area contributed by atoms with Gasteiger partial charge in [0.15, 0.2) is 0 Å². The van der Waals surface area contributed by atoms with Gasteiger partial charge in [0.25, 0.3) is 5.91 Å². The first-order chi connectivity index (χ1) is 11.0. The molecular formula is C18H21N3O2. The second kappa shape index (κ2) is 6.36. The molecule has 1 aliphatic rings. The first-order valence-corrected chi connectivity index (χ1v) is 7.93. The molecule has 0 radical (unpaired) electrons. The molecule has 23 heavy (non-hydrogen) atoms. The Labute approximate surface area is 136 Å².